The van der Waals surface area contributed by atoms with E-state index in [9.17, 15) is 0 Å². The standard InChI is InChI=1S/C20H25N5S/c1-16-22-19(15-26-16)14-25-9-5-8-24(10-11-25)13-18-12-21-20(23-18)17-6-3-2-4-7-17/h2-4,6-7,12,15H,5,8-11,13-14H2,1H3,(H,21,23). The molecule has 0 aliphatic carbocycles. The van der Waals surface area contributed by atoms with E-state index in [1.165, 1.54) is 17.8 Å². The molecule has 2 aromatic heterocycles. The number of nitrogens with zero attached hydrogens (tertiary/aromatic N) is 4. The van der Waals surface area contributed by atoms with Gasteiger partial charge in [-0.1, -0.05) is 30.3 Å². The number of aromatic amines is 1. The monoisotopic (exact) mass is 367 g/mol. The lowest BCUT2D eigenvalue weighted by Crippen LogP contribution is -2.30. The van der Waals surface area contributed by atoms with Crippen LogP contribution in [0.3, 0.4) is 0 Å². The lowest BCUT2D eigenvalue weighted by Gasteiger charge is -2.20. The maximum Gasteiger partial charge on any atom is 0.137 e. The summed E-state index contributed by atoms with van der Waals surface area (Å²) in [6, 6.07) is 10.3. The number of nitrogens with one attached hydrogen (secondary N) is 1. The molecule has 3 heterocycles. The van der Waals surface area contributed by atoms with Crippen molar-refractivity contribution in [2.24, 2.45) is 0 Å². The molecule has 0 atom stereocenters. The Balaban J connectivity index is 1.33. The summed E-state index contributed by atoms with van der Waals surface area (Å²) in [6.45, 7) is 8.44. The van der Waals surface area contributed by atoms with Crippen LogP contribution in [0.25, 0.3) is 11.4 Å². The maximum atomic E-state index is 4.60. The number of imidazole rings is 1. The molecule has 0 spiro atoms. The number of hydrogen-bond acceptors (Lipinski definition) is 5. The van der Waals surface area contributed by atoms with Gasteiger partial charge in [-0.2, -0.15) is 0 Å². The van der Waals surface area contributed by atoms with E-state index in [1.54, 1.807) is 11.3 Å². The van der Waals surface area contributed by atoms with E-state index >= 15 is 0 Å². The Bertz CT molecular complexity index is 826. The van der Waals surface area contributed by atoms with Gasteiger partial charge in [0.25, 0.3) is 0 Å². The van der Waals surface area contributed by atoms with Crippen LogP contribution in [0.2, 0.25) is 0 Å². The zero-order chi connectivity index (χ0) is 17.8. The summed E-state index contributed by atoms with van der Waals surface area (Å²) in [4.78, 5) is 17.7. The molecular formula is C20H25N5S. The number of thiazole rings is 1. The number of H-pyrrole nitrogens is 1. The van der Waals surface area contributed by atoms with Gasteiger partial charge in [-0.3, -0.25) is 9.80 Å². The van der Waals surface area contributed by atoms with Crippen molar-refractivity contribution in [3.63, 3.8) is 0 Å². The second kappa shape index (κ2) is 8.12. The Morgan fingerprint density at radius 2 is 1.81 bits per heavy atom. The molecule has 0 radical (unpaired) electrons. The van der Waals surface area contributed by atoms with E-state index in [4.69, 9.17) is 0 Å². The van der Waals surface area contributed by atoms with Crippen LogP contribution in [0, 0.1) is 6.92 Å². The van der Waals surface area contributed by atoms with Gasteiger partial charge in [0.2, 0.25) is 0 Å². The molecule has 0 saturated carbocycles. The Morgan fingerprint density at radius 3 is 2.54 bits per heavy atom. The summed E-state index contributed by atoms with van der Waals surface area (Å²) in [5.74, 6) is 0.955. The van der Waals surface area contributed by atoms with E-state index < -0.39 is 0 Å². The molecule has 6 heteroatoms. The van der Waals surface area contributed by atoms with Crippen LogP contribution in [0.5, 0.6) is 0 Å². The fraction of sp³-hybridized carbons (Fsp3) is 0.400. The van der Waals surface area contributed by atoms with Gasteiger partial charge in [0.1, 0.15) is 5.82 Å². The fourth-order valence-corrected chi connectivity index (χ4v) is 4.08. The first kappa shape index (κ1) is 17.4. The number of hydrogen-bond donors (Lipinski definition) is 1. The van der Waals surface area contributed by atoms with Crippen molar-refractivity contribution >= 4 is 11.3 Å². The molecule has 3 aromatic rings. The normalized spacial score (nSPS) is 16.7. The first-order valence-corrected chi connectivity index (χ1v) is 10.1. The quantitative estimate of drug-likeness (QED) is 0.749. The van der Waals surface area contributed by atoms with Gasteiger partial charge in [-0.15, -0.1) is 11.3 Å². The van der Waals surface area contributed by atoms with Crippen LogP contribution in [0.1, 0.15) is 22.8 Å². The Labute approximate surface area is 158 Å². The topological polar surface area (TPSA) is 48.1 Å². The van der Waals surface area contributed by atoms with Crippen molar-refractivity contribution in [3.8, 4) is 11.4 Å². The minimum atomic E-state index is 0.934. The highest BCUT2D eigenvalue weighted by atomic mass is 32.1. The first-order chi connectivity index (χ1) is 12.8. The zero-order valence-corrected chi connectivity index (χ0v) is 16.0. The Kier molecular flexibility index (Phi) is 5.43. The highest BCUT2D eigenvalue weighted by molar-refractivity contribution is 7.09. The average molecular weight is 368 g/mol. The molecule has 0 amide bonds. The molecule has 26 heavy (non-hydrogen) atoms. The molecule has 4 rings (SSSR count). The summed E-state index contributed by atoms with van der Waals surface area (Å²) < 4.78 is 0. The summed E-state index contributed by atoms with van der Waals surface area (Å²) >= 11 is 1.74. The molecular weight excluding hydrogens is 342 g/mol. The van der Waals surface area contributed by atoms with Gasteiger partial charge in [0.05, 0.1) is 10.7 Å². The van der Waals surface area contributed by atoms with E-state index in [0.29, 0.717) is 0 Å². The molecule has 136 valence electrons. The number of aryl methyl sites for hydroxylation is 1. The molecule has 1 saturated heterocycles. The third kappa shape index (κ3) is 4.38. The van der Waals surface area contributed by atoms with Gasteiger partial charge in [-0.25, -0.2) is 9.97 Å². The third-order valence-corrected chi connectivity index (χ3v) is 5.63. The molecule has 1 N–H and O–H groups in total. The molecule has 0 bridgehead atoms. The third-order valence-electron chi connectivity index (χ3n) is 4.80. The molecule has 1 aliphatic heterocycles. The second-order valence-electron chi connectivity index (χ2n) is 6.89. The van der Waals surface area contributed by atoms with Gasteiger partial charge in [0.15, 0.2) is 0 Å². The van der Waals surface area contributed by atoms with Gasteiger partial charge in [-0.05, 0) is 26.4 Å². The van der Waals surface area contributed by atoms with Crippen LogP contribution in [0.15, 0.2) is 41.9 Å². The Morgan fingerprint density at radius 1 is 1.04 bits per heavy atom. The summed E-state index contributed by atoms with van der Waals surface area (Å²) in [5, 5.41) is 3.35. The lowest BCUT2D eigenvalue weighted by molar-refractivity contribution is 0.244. The highest BCUT2D eigenvalue weighted by Gasteiger charge is 2.17. The van der Waals surface area contributed by atoms with Crippen molar-refractivity contribution in [2.45, 2.75) is 26.4 Å². The SMILES string of the molecule is Cc1nc(CN2CCCN(Cc3cnc(-c4ccccc4)[nH]3)CC2)cs1. The van der Waals surface area contributed by atoms with Crippen LogP contribution < -0.4 is 0 Å². The van der Waals surface area contributed by atoms with Gasteiger partial charge in [0, 0.05) is 49.0 Å². The number of aromatic nitrogens is 3. The minimum Gasteiger partial charge on any atom is -0.341 e. The average Bonchev–Trinajstić information content (AvgIpc) is 3.22. The number of benzene rings is 1. The van der Waals surface area contributed by atoms with Crippen molar-refractivity contribution < 1.29 is 0 Å². The van der Waals surface area contributed by atoms with E-state index in [2.05, 4.69) is 49.2 Å². The maximum absolute atomic E-state index is 4.60. The highest BCUT2D eigenvalue weighted by Crippen LogP contribution is 2.17. The number of rotatable bonds is 5. The van der Waals surface area contributed by atoms with E-state index in [1.807, 2.05) is 24.4 Å². The summed E-state index contributed by atoms with van der Waals surface area (Å²) in [6.07, 6.45) is 3.17. The largest absolute Gasteiger partial charge is 0.341 e. The van der Waals surface area contributed by atoms with Crippen molar-refractivity contribution in [3.05, 3.63) is 58.3 Å². The molecule has 0 unspecified atom stereocenters. The van der Waals surface area contributed by atoms with E-state index in [-0.39, 0.29) is 0 Å². The Hall–Kier alpha value is -2.02. The van der Waals surface area contributed by atoms with Crippen LogP contribution in [-0.2, 0) is 13.1 Å². The minimum absolute atomic E-state index is 0.934. The second-order valence-corrected chi connectivity index (χ2v) is 7.95. The molecule has 1 aromatic carbocycles. The predicted molar refractivity (Wildman–Crippen MR) is 106 cm³/mol. The van der Waals surface area contributed by atoms with Gasteiger partial charge >= 0.3 is 0 Å². The van der Waals surface area contributed by atoms with Crippen molar-refractivity contribution in [2.75, 3.05) is 26.2 Å². The summed E-state index contributed by atoms with van der Waals surface area (Å²) in [7, 11) is 0. The molecule has 5 nitrogen and oxygen atoms in total. The van der Waals surface area contributed by atoms with Crippen molar-refractivity contribution in [1.82, 2.24) is 24.8 Å². The van der Waals surface area contributed by atoms with Crippen molar-refractivity contribution in [1.29, 1.82) is 0 Å². The zero-order valence-electron chi connectivity index (χ0n) is 15.2. The van der Waals surface area contributed by atoms with E-state index in [0.717, 1.165) is 55.7 Å². The van der Waals surface area contributed by atoms with Crippen LogP contribution >= 0.6 is 11.3 Å². The lowest BCUT2D eigenvalue weighted by atomic mass is 10.2. The first-order valence-electron chi connectivity index (χ1n) is 9.21. The molecule has 1 fully saturated rings. The molecule has 1 aliphatic rings. The summed E-state index contributed by atoms with van der Waals surface area (Å²) in [5.41, 5.74) is 3.54. The van der Waals surface area contributed by atoms with Gasteiger partial charge < -0.3 is 4.98 Å². The predicted octanol–water partition coefficient (Wildman–Crippen LogP) is 3.55. The smallest absolute Gasteiger partial charge is 0.137 e. The van der Waals surface area contributed by atoms with Crippen LogP contribution in [-0.4, -0.2) is 50.9 Å². The fourth-order valence-electron chi connectivity index (χ4n) is 3.47. The van der Waals surface area contributed by atoms with Crippen LogP contribution in [0.4, 0.5) is 0 Å².